The molecule has 290 valence electrons. The zero-order chi connectivity index (χ0) is 41.0. The molecule has 0 amide bonds. The minimum Gasteiger partial charge on any atom is -0.309 e. The average molecular weight is 789 g/mol. The van der Waals surface area contributed by atoms with E-state index < -0.39 is 0 Å². The lowest BCUT2D eigenvalue weighted by Crippen LogP contribution is -2.13. The second-order valence-corrected chi connectivity index (χ2v) is 16.0. The van der Waals surface area contributed by atoms with Gasteiger partial charge in [0.2, 0.25) is 0 Å². The first-order valence-corrected chi connectivity index (χ1v) is 21.4. The highest BCUT2D eigenvalue weighted by molar-refractivity contribution is 6.13. The second-order valence-electron chi connectivity index (χ2n) is 16.0. The summed E-state index contributed by atoms with van der Waals surface area (Å²) in [4.78, 5) is 2.51. The Bertz CT molecular complexity index is 3600. The molecule has 0 saturated heterocycles. The van der Waals surface area contributed by atoms with Gasteiger partial charge in [-0.05, 0) is 91.6 Å². The minimum atomic E-state index is 1.10. The quantitative estimate of drug-likeness (QED) is 0.156. The summed E-state index contributed by atoms with van der Waals surface area (Å²) >= 11 is 0. The third-order valence-corrected chi connectivity index (χ3v) is 12.6. The number of hydrogen-bond acceptors (Lipinski definition) is 1. The van der Waals surface area contributed by atoms with Crippen molar-refractivity contribution in [1.82, 2.24) is 4.57 Å². The number of benzene rings is 11. The molecule has 1 heterocycles. The van der Waals surface area contributed by atoms with Crippen LogP contribution in [0, 0.1) is 0 Å². The molecule has 0 unspecified atom stereocenters. The predicted octanol–water partition coefficient (Wildman–Crippen LogP) is 16.7. The van der Waals surface area contributed by atoms with Gasteiger partial charge in [-0.2, -0.15) is 0 Å². The molecule has 0 radical (unpaired) electrons. The summed E-state index contributed by atoms with van der Waals surface area (Å²) in [5.74, 6) is 0. The smallest absolute Gasteiger partial charge is 0.0541 e. The molecule has 2 nitrogen and oxygen atoms in total. The maximum atomic E-state index is 2.51. The Hall–Kier alpha value is -8.20. The Balaban J connectivity index is 1.12. The molecule has 0 atom stereocenters. The first kappa shape index (κ1) is 35.7. The van der Waals surface area contributed by atoms with Crippen LogP contribution in [0.3, 0.4) is 0 Å². The molecule has 0 fully saturated rings. The van der Waals surface area contributed by atoms with Gasteiger partial charge in [-0.1, -0.05) is 200 Å². The molecular formula is C60H40N2. The lowest BCUT2D eigenvalue weighted by Gasteiger charge is -2.31. The number of rotatable bonds is 7. The van der Waals surface area contributed by atoms with Gasteiger partial charge in [0.25, 0.3) is 0 Å². The number of fused-ring (bicyclic) bond motifs is 6. The van der Waals surface area contributed by atoms with Crippen LogP contribution in [0.1, 0.15) is 0 Å². The fraction of sp³-hybridized carbons (Fsp3) is 0. The van der Waals surface area contributed by atoms with Gasteiger partial charge in [0.1, 0.15) is 0 Å². The Kier molecular flexibility index (Phi) is 8.53. The summed E-state index contributed by atoms with van der Waals surface area (Å²) in [6, 6.07) is 88.6. The third kappa shape index (κ3) is 5.80. The van der Waals surface area contributed by atoms with Gasteiger partial charge in [-0.15, -0.1) is 0 Å². The molecule has 0 saturated carbocycles. The highest BCUT2D eigenvalue weighted by Crippen LogP contribution is 2.49. The van der Waals surface area contributed by atoms with Crippen LogP contribution < -0.4 is 4.90 Å². The fourth-order valence-corrected chi connectivity index (χ4v) is 9.85. The Morgan fingerprint density at radius 3 is 1.35 bits per heavy atom. The van der Waals surface area contributed by atoms with E-state index in [1.54, 1.807) is 0 Å². The summed E-state index contributed by atoms with van der Waals surface area (Å²) in [6.07, 6.45) is 0. The van der Waals surface area contributed by atoms with E-state index in [0.29, 0.717) is 0 Å². The van der Waals surface area contributed by atoms with Gasteiger partial charge in [-0.3, -0.25) is 0 Å². The van der Waals surface area contributed by atoms with Gasteiger partial charge in [0.15, 0.2) is 0 Å². The molecule has 11 aromatic carbocycles. The van der Waals surface area contributed by atoms with E-state index >= 15 is 0 Å². The van der Waals surface area contributed by atoms with Crippen LogP contribution in [-0.2, 0) is 0 Å². The van der Waals surface area contributed by atoms with Crippen LogP contribution in [0.15, 0.2) is 243 Å². The predicted molar refractivity (Wildman–Crippen MR) is 264 cm³/mol. The summed E-state index contributed by atoms with van der Waals surface area (Å²) < 4.78 is 2.41. The summed E-state index contributed by atoms with van der Waals surface area (Å²) in [5, 5.41) is 9.83. The van der Waals surface area contributed by atoms with E-state index in [1.165, 1.54) is 76.4 Å². The van der Waals surface area contributed by atoms with Gasteiger partial charge < -0.3 is 9.47 Å². The number of para-hydroxylation sites is 4. The van der Waals surface area contributed by atoms with Crippen LogP contribution >= 0.6 is 0 Å². The first-order chi connectivity index (χ1) is 30.8. The largest absolute Gasteiger partial charge is 0.309 e. The van der Waals surface area contributed by atoms with Crippen molar-refractivity contribution in [1.29, 1.82) is 0 Å². The molecule has 1 aromatic heterocycles. The van der Waals surface area contributed by atoms with E-state index in [0.717, 1.165) is 33.9 Å². The first-order valence-electron chi connectivity index (χ1n) is 21.4. The summed E-state index contributed by atoms with van der Waals surface area (Å²) in [6.45, 7) is 0. The van der Waals surface area contributed by atoms with Crippen LogP contribution in [0.5, 0.6) is 0 Å². The number of aromatic nitrogens is 1. The van der Waals surface area contributed by atoms with Crippen LogP contribution in [0.4, 0.5) is 17.1 Å². The molecule has 0 bridgehead atoms. The van der Waals surface area contributed by atoms with Crippen molar-refractivity contribution in [2.75, 3.05) is 4.90 Å². The highest BCUT2D eigenvalue weighted by Gasteiger charge is 2.24. The minimum absolute atomic E-state index is 1.10. The molecule has 0 aliphatic carbocycles. The molecular weight excluding hydrogens is 749 g/mol. The molecule has 0 aliphatic heterocycles. The van der Waals surface area contributed by atoms with Crippen molar-refractivity contribution < 1.29 is 0 Å². The molecule has 0 spiro atoms. The van der Waals surface area contributed by atoms with E-state index in [9.17, 15) is 0 Å². The van der Waals surface area contributed by atoms with Crippen molar-refractivity contribution in [2.24, 2.45) is 0 Å². The van der Waals surface area contributed by atoms with Gasteiger partial charge in [0.05, 0.1) is 28.1 Å². The number of hydrogen-bond donors (Lipinski definition) is 0. The van der Waals surface area contributed by atoms with E-state index in [4.69, 9.17) is 0 Å². The van der Waals surface area contributed by atoms with Crippen LogP contribution in [0.2, 0.25) is 0 Å². The molecule has 2 heteroatoms. The number of anilines is 3. The van der Waals surface area contributed by atoms with Crippen molar-refractivity contribution >= 4 is 71.2 Å². The highest BCUT2D eigenvalue weighted by atomic mass is 15.1. The van der Waals surface area contributed by atoms with Gasteiger partial charge >= 0.3 is 0 Å². The van der Waals surface area contributed by atoms with Crippen LogP contribution in [0.25, 0.3) is 93.2 Å². The molecule has 0 aliphatic rings. The van der Waals surface area contributed by atoms with Crippen LogP contribution in [-0.4, -0.2) is 4.57 Å². The SMILES string of the molecule is c1cc(-c2ccccc2N(c2ccccc2-c2cccc3ccccc23)c2ccc(-c3cccc4ccccc34)c3ccccc23)cc(-n2c3ccccc3c3ccccc32)c1. The van der Waals surface area contributed by atoms with Crippen molar-refractivity contribution in [3.63, 3.8) is 0 Å². The normalized spacial score (nSPS) is 11.5. The van der Waals surface area contributed by atoms with E-state index in [1.807, 2.05) is 0 Å². The number of nitrogens with zero attached hydrogens (tertiary/aromatic N) is 2. The lowest BCUT2D eigenvalue weighted by molar-refractivity contribution is 1.18. The zero-order valence-corrected chi connectivity index (χ0v) is 34.0. The monoisotopic (exact) mass is 788 g/mol. The van der Waals surface area contributed by atoms with Gasteiger partial charge in [0, 0.05) is 33.0 Å². The second kappa shape index (κ2) is 14.8. The molecule has 12 rings (SSSR count). The van der Waals surface area contributed by atoms with E-state index in [-0.39, 0.29) is 0 Å². The van der Waals surface area contributed by atoms with Crippen molar-refractivity contribution in [2.45, 2.75) is 0 Å². The standard InChI is InChI=1S/C60H40N2/c1-3-24-45-41(18-1)20-16-32-48(45)51-38-39-60(53-28-6-5-27-50(51)53)62(59-37-14-8-29-52(59)49-33-17-21-42-19-2-4-25-46(42)49)56-34-11-7-26-47(56)43-22-15-23-44(40-43)61-57-35-12-9-30-54(57)55-31-10-13-36-58(55)61/h1-40H. The topological polar surface area (TPSA) is 8.17 Å². The Labute approximate surface area is 360 Å². The Morgan fingerprint density at radius 1 is 0.258 bits per heavy atom. The Morgan fingerprint density at radius 2 is 0.694 bits per heavy atom. The summed E-state index contributed by atoms with van der Waals surface area (Å²) in [5.41, 5.74) is 13.9. The third-order valence-electron chi connectivity index (χ3n) is 12.6. The maximum absolute atomic E-state index is 2.51. The maximum Gasteiger partial charge on any atom is 0.0541 e. The van der Waals surface area contributed by atoms with E-state index in [2.05, 4.69) is 252 Å². The van der Waals surface area contributed by atoms with Crippen molar-refractivity contribution in [3.8, 4) is 39.1 Å². The summed E-state index contributed by atoms with van der Waals surface area (Å²) in [7, 11) is 0. The average Bonchev–Trinajstić information content (AvgIpc) is 3.69. The fourth-order valence-electron chi connectivity index (χ4n) is 9.85. The molecule has 0 N–H and O–H groups in total. The zero-order valence-electron chi connectivity index (χ0n) is 34.0. The molecule has 62 heavy (non-hydrogen) atoms. The lowest BCUT2D eigenvalue weighted by atomic mass is 9.92. The van der Waals surface area contributed by atoms with Gasteiger partial charge in [-0.25, -0.2) is 0 Å². The van der Waals surface area contributed by atoms with Crippen molar-refractivity contribution in [3.05, 3.63) is 243 Å². The molecule has 12 aromatic rings.